The van der Waals surface area contributed by atoms with Crippen LogP contribution in [0.1, 0.15) is 0 Å². The van der Waals surface area contributed by atoms with E-state index in [2.05, 4.69) is 31.2 Å². The van der Waals surface area contributed by atoms with Gasteiger partial charge in [-0.05, 0) is 34.1 Å². The van der Waals surface area contributed by atoms with E-state index < -0.39 is 0 Å². The summed E-state index contributed by atoms with van der Waals surface area (Å²) < 4.78 is 5.75. The van der Waals surface area contributed by atoms with Gasteiger partial charge in [0.05, 0.1) is 28.5 Å². The highest BCUT2D eigenvalue weighted by atomic mass is 79.9. The fourth-order valence-corrected chi connectivity index (χ4v) is 1.96. The summed E-state index contributed by atoms with van der Waals surface area (Å²) in [6, 6.07) is 5.10. The quantitative estimate of drug-likeness (QED) is 0.898. The molecule has 0 saturated heterocycles. The number of hydrogen-bond donors (Lipinski definition) is 1. The van der Waals surface area contributed by atoms with Crippen molar-refractivity contribution >= 4 is 50.8 Å². The average Bonchev–Trinajstić information content (AvgIpc) is 2.36. The Labute approximate surface area is 122 Å². The molecular weight excluding hydrogens is 341 g/mol. The van der Waals surface area contributed by atoms with Gasteiger partial charge in [-0.15, -0.1) is 0 Å². The summed E-state index contributed by atoms with van der Waals surface area (Å²) >= 11 is 15.2. The maximum atomic E-state index is 6.03. The summed E-state index contributed by atoms with van der Waals surface area (Å²) in [6.45, 7) is 0. The van der Waals surface area contributed by atoms with Crippen LogP contribution in [0.5, 0.6) is 5.88 Å². The van der Waals surface area contributed by atoms with E-state index >= 15 is 0 Å². The van der Waals surface area contributed by atoms with Crippen molar-refractivity contribution in [2.75, 3.05) is 12.4 Å². The Bertz CT molecular complexity index is 580. The van der Waals surface area contributed by atoms with Crippen molar-refractivity contribution in [3.8, 4) is 5.88 Å². The van der Waals surface area contributed by atoms with Crippen LogP contribution in [0, 0.1) is 0 Å². The number of ether oxygens (including phenoxy) is 1. The first-order chi connectivity index (χ1) is 8.60. The zero-order valence-corrected chi connectivity index (χ0v) is 12.3. The van der Waals surface area contributed by atoms with Gasteiger partial charge in [-0.25, -0.2) is 4.98 Å². The fourth-order valence-electron chi connectivity index (χ4n) is 1.27. The second-order valence-corrected chi connectivity index (χ2v) is 5.00. The molecule has 0 amide bonds. The van der Waals surface area contributed by atoms with Crippen molar-refractivity contribution < 1.29 is 4.74 Å². The van der Waals surface area contributed by atoms with Crippen LogP contribution in [0.4, 0.5) is 11.6 Å². The van der Waals surface area contributed by atoms with E-state index in [1.165, 1.54) is 7.11 Å². The van der Waals surface area contributed by atoms with E-state index in [1.54, 1.807) is 24.4 Å². The van der Waals surface area contributed by atoms with E-state index in [1.807, 2.05) is 0 Å². The standard InChI is InChI=1S/C11H8BrCl2N3O/c1-18-10-7(12)5-15-11(17-10)16-9-4-6(13)2-3-8(9)14/h2-5H,1H3,(H,15,16,17). The maximum Gasteiger partial charge on any atom is 0.232 e. The van der Waals surface area contributed by atoms with Crippen molar-refractivity contribution in [1.29, 1.82) is 0 Å². The molecule has 0 radical (unpaired) electrons. The van der Waals surface area contributed by atoms with E-state index in [0.717, 1.165) is 0 Å². The molecule has 0 aliphatic heterocycles. The number of aromatic nitrogens is 2. The minimum atomic E-state index is 0.374. The summed E-state index contributed by atoms with van der Waals surface area (Å²) in [7, 11) is 1.53. The van der Waals surface area contributed by atoms with Gasteiger partial charge in [0.1, 0.15) is 0 Å². The minimum Gasteiger partial charge on any atom is -0.480 e. The topological polar surface area (TPSA) is 47.0 Å². The van der Waals surface area contributed by atoms with Crippen LogP contribution in [0.15, 0.2) is 28.9 Å². The second-order valence-electron chi connectivity index (χ2n) is 3.30. The van der Waals surface area contributed by atoms with Gasteiger partial charge in [0.25, 0.3) is 0 Å². The smallest absolute Gasteiger partial charge is 0.232 e. The highest BCUT2D eigenvalue weighted by molar-refractivity contribution is 9.10. The van der Waals surface area contributed by atoms with Gasteiger partial charge in [-0.1, -0.05) is 23.2 Å². The van der Waals surface area contributed by atoms with E-state index in [9.17, 15) is 0 Å². The number of nitrogens with one attached hydrogen (secondary N) is 1. The Kier molecular flexibility index (Phi) is 4.27. The second kappa shape index (κ2) is 5.73. The summed E-state index contributed by atoms with van der Waals surface area (Å²) in [5.74, 6) is 0.810. The van der Waals surface area contributed by atoms with Gasteiger partial charge in [0.15, 0.2) is 0 Å². The van der Waals surface area contributed by atoms with Crippen LogP contribution in [-0.4, -0.2) is 17.1 Å². The summed E-state index contributed by atoms with van der Waals surface area (Å²) in [4.78, 5) is 8.27. The van der Waals surface area contributed by atoms with E-state index in [-0.39, 0.29) is 0 Å². The number of nitrogens with zero attached hydrogens (tertiary/aromatic N) is 2. The molecule has 0 fully saturated rings. The van der Waals surface area contributed by atoms with Gasteiger partial charge >= 0.3 is 0 Å². The van der Waals surface area contributed by atoms with Gasteiger partial charge in [0.2, 0.25) is 11.8 Å². The number of anilines is 2. The molecule has 94 valence electrons. The molecule has 0 aliphatic rings. The van der Waals surface area contributed by atoms with Crippen molar-refractivity contribution in [2.24, 2.45) is 0 Å². The van der Waals surface area contributed by atoms with Crippen molar-refractivity contribution in [1.82, 2.24) is 9.97 Å². The van der Waals surface area contributed by atoms with Gasteiger partial charge in [-0.3, -0.25) is 0 Å². The van der Waals surface area contributed by atoms with Crippen LogP contribution in [0.2, 0.25) is 10.0 Å². The van der Waals surface area contributed by atoms with Gasteiger partial charge in [-0.2, -0.15) is 4.98 Å². The number of hydrogen-bond acceptors (Lipinski definition) is 4. The normalized spacial score (nSPS) is 10.2. The molecule has 1 N–H and O–H groups in total. The fraction of sp³-hybridized carbons (Fsp3) is 0.0909. The van der Waals surface area contributed by atoms with Crippen LogP contribution in [0.3, 0.4) is 0 Å². The lowest BCUT2D eigenvalue weighted by molar-refractivity contribution is 0.394. The first-order valence-corrected chi connectivity index (χ1v) is 6.43. The zero-order chi connectivity index (χ0) is 13.1. The molecule has 0 atom stereocenters. The molecule has 1 heterocycles. The lowest BCUT2D eigenvalue weighted by atomic mass is 10.3. The highest BCUT2D eigenvalue weighted by Gasteiger charge is 2.07. The zero-order valence-electron chi connectivity index (χ0n) is 9.25. The Balaban J connectivity index is 2.31. The van der Waals surface area contributed by atoms with E-state index in [4.69, 9.17) is 27.9 Å². The number of halogens is 3. The summed E-state index contributed by atoms with van der Waals surface area (Å²) in [6.07, 6.45) is 1.59. The SMILES string of the molecule is COc1nc(Nc2cc(Cl)ccc2Cl)ncc1Br. The number of rotatable bonds is 3. The van der Waals surface area contributed by atoms with Crippen LogP contribution >= 0.6 is 39.1 Å². The molecule has 1 aromatic carbocycles. The summed E-state index contributed by atoms with van der Waals surface area (Å²) in [5, 5.41) is 4.08. The average molecular weight is 349 g/mol. The predicted molar refractivity (Wildman–Crippen MR) is 76.0 cm³/mol. The Hall–Kier alpha value is -1.04. The lowest BCUT2D eigenvalue weighted by Gasteiger charge is -2.08. The number of methoxy groups -OCH3 is 1. The first kappa shape index (κ1) is 13.4. The molecule has 18 heavy (non-hydrogen) atoms. The largest absolute Gasteiger partial charge is 0.480 e. The van der Waals surface area contributed by atoms with Crippen molar-refractivity contribution in [3.63, 3.8) is 0 Å². The maximum absolute atomic E-state index is 6.03. The lowest BCUT2D eigenvalue weighted by Crippen LogP contribution is -1.99. The molecule has 0 bridgehead atoms. The van der Waals surface area contributed by atoms with Gasteiger partial charge in [0, 0.05) is 5.02 Å². The van der Waals surface area contributed by atoms with Crippen molar-refractivity contribution in [2.45, 2.75) is 0 Å². The monoisotopic (exact) mass is 347 g/mol. The highest BCUT2D eigenvalue weighted by Crippen LogP contribution is 2.29. The molecule has 1 aromatic heterocycles. The first-order valence-electron chi connectivity index (χ1n) is 4.89. The Morgan fingerprint density at radius 2 is 2.11 bits per heavy atom. The van der Waals surface area contributed by atoms with Crippen LogP contribution in [-0.2, 0) is 0 Å². The molecule has 4 nitrogen and oxygen atoms in total. The van der Waals surface area contributed by atoms with E-state index in [0.29, 0.717) is 32.0 Å². The Morgan fingerprint density at radius 1 is 1.33 bits per heavy atom. The molecule has 2 rings (SSSR count). The molecule has 0 unspecified atom stereocenters. The van der Waals surface area contributed by atoms with Crippen molar-refractivity contribution in [3.05, 3.63) is 38.9 Å². The predicted octanol–water partition coefficient (Wildman–Crippen LogP) is 4.30. The number of benzene rings is 1. The molecule has 7 heteroatoms. The molecule has 0 spiro atoms. The summed E-state index contributed by atoms with van der Waals surface area (Å²) in [5.41, 5.74) is 0.633. The third-order valence-corrected chi connectivity index (χ3v) is 3.19. The van der Waals surface area contributed by atoms with Crippen LogP contribution < -0.4 is 10.1 Å². The van der Waals surface area contributed by atoms with Crippen LogP contribution in [0.25, 0.3) is 0 Å². The molecule has 0 aliphatic carbocycles. The molecular formula is C11H8BrCl2N3O. The third-order valence-electron chi connectivity index (χ3n) is 2.08. The minimum absolute atomic E-state index is 0.374. The molecule has 0 saturated carbocycles. The molecule has 2 aromatic rings. The Morgan fingerprint density at radius 3 is 2.83 bits per heavy atom. The van der Waals surface area contributed by atoms with Gasteiger partial charge < -0.3 is 10.1 Å². The third kappa shape index (κ3) is 3.04.